The normalized spacial score (nSPS) is 12.4. The quantitative estimate of drug-likeness (QED) is 0.691. The van der Waals surface area contributed by atoms with Gasteiger partial charge in [-0.3, -0.25) is 4.79 Å². The Kier molecular flexibility index (Phi) is 7.46. The number of aliphatic carboxylic acids is 1. The van der Waals surface area contributed by atoms with E-state index in [-0.39, 0.29) is 5.91 Å². The van der Waals surface area contributed by atoms with Crippen LogP contribution in [0, 0.1) is 0 Å². The van der Waals surface area contributed by atoms with Crippen molar-refractivity contribution < 1.29 is 32.6 Å². The van der Waals surface area contributed by atoms with Gasteiger partial charge in [0.05, 0.1) is 12.1 Å². The number of benzene rings is 2. The zero-order valence-electron chi connectivity index (χ0n) is 15.3. The number of rotatable bonds is 4. The highest BCUT2D eigenvalue weighted by Gasteiger charge is 2.38. The Morgan fingerprint density at radius 2 is 1.83 bits per heavy atom. The number of carbonyl (C=O) groups excluding carboxylic acids is 1. The fraction of sp³-hybridized carbons (Fsp3) is 0.263. The smallest absolute Gasteiger partial charge is 0.490 e. The lowest BCUT2D eigenvalue weighted by Gasteiger charge is -2.09. The molecule has 3 N–H and O–H groups in total. The van der Waals surface area contributed by atoms with Crippen molar-refractivity contribution in [1.82, 2.24) is 10.6 Å². The summed E-state index contributed by atoms with van der Waals surface area (Å²) in [7, 11) is 1.57. The van der Waals surface area contributed by atoms with Gasteiger partial charge in [0, 0.05) is 25.2 Å². The van der Waals surface area contributed by atoms with Crippen molar-refractivity contribution in [3.05, 3.63) is 63.7 Å². The lowest BCUT2D eigenvalue weighted by atomic mass is 10.1. The molecule has 0 fully saturated rings. The van der Waals surface area contributed by atoms with Crippen LogP contribution < -0.4 is 15.4 Å². The fourth-order valence-corrected chi connectivity index (χ4v) is 2.82. The van der Waals surface area contributed by atoms with Gasteiger partial charge in [-0.1, -0.05) is 23.7 Å². The molecule has 1 aliphatic heterocycles. The van der Waals surface area contributed by atoms with Gasteiger partial charge in [-0.25, -0.2) is 4.79 Å². The van der Waals surface area contributed by atoms with Crippen molar-refractivity contribution in [2.24, 2.45) is 0 Å². The van der Waals surface area contributed by atoms with Crippen molar-refractivity contribution >= 4 is 23.5 Å². The molecule has 156 valence electrons. The third-order valence-corrected chi connectivity index (χ3v) is 4.31. The SMILES string of the molecule is COc1ccc(CNC(=O)c2ccc3c(c2)CNC3)cc1Cl.O=C(O)C(F)(F)F. The Labute approximate surface area is 169 Å². The lowest BCUT2D eigenvalue weighted by Crippen LogP contribution is -2.22. The molecule has 2 aromatic carbocycles. The van der Waals surface area contributed by atoms with Crippen LogP contribution in [0.5, 0.6) is 5.75 Å². The van der Waals surface area contributed by atoms with Crippen molar-refractivity contribution in [3.8, 4) is 5.75 Å². The first-order valence-corrected chi connectivity index (χ1v) is 8.73. The molecule has 1 aliphatic rings. The highest BCUT2D eigenvalue weighted by Crippen LogP contribution is 2.25. The summed E-state index contributed by atoms with van der Waals surface area (Å²) in [4.78, 5) is 21.1. The second-order valence-corrected chi connectivity index (χ2v) is 6.45. The van der Waals surface area contributed by atoms with Crippen LogP contribution in [-0.2, 0) is 24.4 Å². The Morgan fingerprint density at radius 1 is 1.17 bits per heavy atom. The second-order valence-electron chi connectivity index (χ2n) is 6.04. The highest BCUT2D eigenvalue weighted by atomic mass is 35.5. The largest absolute Gasteiger partial charge is 0.495 e. The molecule has 0 bridgehead atoms. The minimum atomic E-state index is -5.08. The first-order valence-electron chi connectivity index (χ1n) is 8.35. The standard InChI is InChI=1S/C17H17ClN2O2.C2HF3O2/c1-22-16-5-2-11(6-15(16)18)8-20-17(21)12-3-4-13-9-19-10-14(13)7-12;3-2(4,5)1(6)7/h2-7,19H,8-10H2,1H3,(H,20,21);(H,6,7). The van der Waals surface area contributed by atoms with Crippen LogP contribution in [0.15, 0.2) is 36.4 Å². The average Bonchev–Trinajstić information content (AvgIpc) is 3.13. The number of carboxylic acid groups (broad SMARTS) is 1. The van der Waals surface area contributed by atoms with E-state index in [0.717, 1.165) is 18.7 Å². The van der Waals surface area contributed by atoms with Gasteiger partial charge in [0.1, 0.15) is 5.75 Å². The van der Waals surface area contributed by atoms with E-state index in [1.54, 1.807) is 19.2 Å². The van der Waals surface area contributed by atoms with E-state index in [0.29, 0.717) is 22.9 Å². The van der Waals surface area contributed by atoms with Crippen LogP contribution in [-0.4, -0.2) is 30.3 Å². The minimum absolute atomic E-state index is 0.0818. The monoisotopic (exact) mass is 430 g/mol. The number of alkyl halides is 3. The van der Waals surface area contributed by atoms with E-state index in [1.807, 2.05) is 24.3 Å². The molecule has 0 aliphatic carbocycles. The zero-order valence-corrected chi connectivity index (χ0v) is 16.0. The molecule has 6 nitrogen and oxygen atoms in total. The van der Waals surface area contributed by atoms with Crippen LogP contribution >= 0.6 is 11.6 Å². The van der Waals surface area contributed by atoms with Crippen LogP contribution in [0.25, 0.3) is 0 Å². The van der Waals surface area contributed by atoms with E-state index in [2.05, 4.69) is 10.6 Å². The molecule has 1 amide bonds. The number of carboxylic acids is 1. The molecule has 0 saturated carbocycles. The van der Waals surface area contributed by atoms with Gasteiger partial charge in [0.25, 0.3) is 5.91 Å². The van der Waals surface area contributed by atoms with E-state index < -0.39 is 12.1 Å². The predicted molar refractivity (Wildman–Crippen MR) is 99.9 cm³/mol. The van der Waals surface area contributed by atoms with E-state index in [9.17, 15) is 18.0 Å². The van der Waals surface area contributed by atoms with Crippen LogP contribution in [0.2, 0.25) is 5.02 Å². The molecular formula is C19H18ClF3N2O4. The summed E-state index contributed by atoms with van der Waals surface area (Å²) in [5.41, 5.74) is 4.07. The van der Waals surface area contributed by atoms with Gasteiger partial charge in [0.2, 0.25) is 0 Å². The van der Waals surface area contributed by atoms with Crippen molar-refractivity contribution in [3.63, 3.8) is 0 Å². The first-order chi connectivity index (χ1) is 13.6. The molecule has 0 radical (unpaired) electrons. The molecular weight excluding hydrogens is 413 g/mol. The summed E-state index contributed by atoms with van der Waals surface area (Å²) >= 11 is 6.08. The summed E-state index contributed by atoms with van der Waals surface area (Å²) in [5.74, 6) is -2.21. The van der Waals surface area contributed by atoms with E-state index in [4.69, 9.17) is 26.2 Å². The maximum absolute atomic E-state index is 12.2. The van der Waals surface area contributed by atoms with Crippen LogP contribution in [0.1, 0.15) is 27.0 Å². The van der Waals surface area contributed by atoms with Gasteiger partial charge < -0.3 is 20.5 Å². The molecule has 29 heavy (non-hydrogen) atoms. The van der Waals surface area contributed by atoms with Crippen molar-refractivity contribution in [1.29, 1.82) is 0 Å². The highest BCUT2D eigenvalue weighted by molar-refractivity contribution is 6.32. The van der Waals surface area contributed by atoms with Gasteiger partial charge >= 0.3 is 12.1 Å². The molecule has 0 spiro atoms. The van der Waals surface area contributed by atoms with Crippen LogP contribution in [0.4, 0.5) is 13.2 Å². The van der Waals surface area contributed by atoms with Crippen molar-refractivity contribution in [2.45, 2.75) is 25.8 Å². The topological polar surface area (TPSA) is 87.7 Å². The van der Waals surface area contributed by atoms with Gasteiger partial charge in [-0.2, -0.15) is 13.2 Å². The Bertz CT molecular complexity index is 904. The van der Waals surface area contributed by atoms with E-state index >= 15 is 0 Å². The molecule has 2 aromatic rings. The molecule has 0 aromatic heterocycles. The molecule has 3 rings (SSSR count). The molecule has 1 heterocycles. The van der Waals surface area contributed by atoms with Gasteiger partial charge in [-0.05, 0) is 41.0 Å². The maximum atomic E-state index is 12.2. The minimum Gasteiger partial charge on any atom is -0.495 e. The van der Waals surface area contributed by atoms with Crippen molar-refractivity contribution in [2.75, 3.05) is 7.11 Å². The zero-order chi connectivity index (χ0) is 21.6. The lowest BCUT2D eigenvalue weighted by molar-refractivity contribution is -0.192. The molecule has 0 saturated heterocycles. The number of nitrogens with one attached hydrogen (secondary N) is 2. The number of ether oxygens (including phenoxy) is 1. The molecule has 0 atom stereocenters. The molecule has 10 heteroatoms. The number of fused-ring (bicyclic) bond motifs is 1. The molecule has 0 unspecified atom stereocenters. The number of amides is 1. The predicted octanol–water partition coefficient (Wildman–Crippen LogP) is 3.52. The Balaban J connectivity index is 0.000000370. The van der Waals surface area contributed by atoms with E-state index in [1.165, 1.54) is 11.1 Å². The number of hydrogen-bond acceptors (Lipinski definition) is 4. The Morgan fingerprint density at radius 3 is 2.41 bits per heavy atom. The first kappa shape index (κ1) is 22.5. The number of halogens is 4. The van der Waals surface area contributed by atoms with Gasteiger partial charge in [-0.15, -0.1) is 0 Å². The summed E-state index contributed by atoms with van der Waals surface area (Å²) in [6.07, 6.45) is -5.08. The summed E-state index contributed by atoms with van der Waals surface area (Å²) in [6, 6.07) is 11.3. The number of hydrogen-bond donors (Lipinski definition) is 3. The third-order valence-electron chi connectivity index (χ3n) is 4.01. The average molecular weight is 431 g/mol. The fourth-order valence-electron chi connectivity index (χ4n) is 2.54. The Hall–Kier alpha value is -2.78. The summed E-state index contributed by atoms with van der Waals surface area (Å²) in [6.45, 7) is 2.13. The summed E-state index contributed by atoms with van der Waals surface area (Å²) in [5, 5.41) is 13.8. The summed E-state index contributed by atoms with van der Waals surface area (Å²) < 4.78 is 36.8. The number of carbonyl (C=O) groups is 2. The second kappa shape index (κ2) is 9.62. The third kappa shape index (κ3) is 6.37. The maximum Gasteiger partial charge on any atom is 0.490 e. The van der Waals surface area contributed by atoms with Gasteiger partial charge in [0.15, 0.2) is 0 Å². The number of methoxy groups -OCH3 is 1. The van der Waals surface area contributed by atoms with Crippen LogP contribution in [0.3, 0.4) is 0 Å².